The normalized spacial score (nSPS) is 25.5. The van der Waals surface area contributed by atoms with E-state index in [4.69, 9.17) is 4.74 Å². The van der Waals surface area contributed by atoms with Crippen LogP contribution in [0.1, 0.15) is 51.0 Å². The monoisotopic (exact) mass is 342 g/mol. The summed E-state index contributed by atoms with van der Waals surface area (Å²) < 4.78 is 4.92. The van der Waals surface area contributed by atoms with Crippen LogP contribution in [-0.4, -0.2) is 13.1 Å². The van der Waals surface area contributed by atoms with Gasteiger partial charge in [0.25, 0.3) is 0 Å². The fourth-order valence-corrected chi connectivity index (χ4v) is 5.13. The zero-order chi connectivity index (χ0) is 17.2. The van der Waals surface area contributed by atoms with E-state index < -0.39 is 0 Å². The van der Waals surface area contributed by atoms with Crippen molar-refractivity contribution >= 4 is 17.7 Å². The minimum absolute atomic E-state index is 0.172. The van der Waals surface area contributed by atoms with E-state index in [1.165, 1.54) is 47.3 Å². The number of aryl methyl sites for hydroxylation is 1. The third-order valence-corrected chi connectivity index (χ3v) is 6.77. The Bertz CT molecular complexity index is 684. The molecule has 3 heteroatoms. The fraction of sp³-hybridized carbons (Fsp3) is 0.476. The van der Waals surface area contributed by atoms with Crippen molar-refractivity contribution in [3.63, 3.8) is 0 Å². The van der Waals surface area contributed by atoms with Gasteiger partial charge in [0.1, 0.15) is 0 Å². The molecule has 0 bridgehead atoms. The summed E-state index contributed by atoms with van der Waals surface area (Å²) in [6, 6.07) is 8.79. The first kappa shape index (κ1) is 17.3. The first-order valence-electron chi connectivity index (χ1n) is 8.76. The molecule has 0 N–H and O–H groups in total. The molecule has 2 aliphatic rings. The van der Waals surface area contributed by atoms with Gasteiger partial charge < -0.3 is 4.74 Å². The lowest BCUT2D eigenvalue weighted by atomic mass is 9.77. The number of ether oxygens (including phenoxy) is 1. The Morgan fingerprint density at radius 3 is 2.67 bits per heavy atom. The molecule has 2 aliphatic carbocycles. The Labute approximate surface area is 149 Å². The van der Waals surface area contributed by atoms with Gasteiger partial charge in [0.2, 0.25) is 0 Å². The lowest BCUT2D eigenvalue weighted by molar-refractivity contribution is -0.136. The van der Waals surface area contributed by atoms with E-state index in [2.05, 4.69) is 37.3 Å². The van der Waals surface area contributed by atoms with Crippen LogP contribution in [0.3, 0.4) is 0 Å². The highest BCUT2D eigenvalue weighted by Crippen LogP contribution is 2.57. The lowest BCUT2D eigenvalue weighted by Crippen LogP contribution is -2.21. The highest BCUT2D eigenvalue weighted by Gasteiger charge is 2.41. The summed E-state index contributed by atoms with van der Waals surface area (Å²) in [5, 5.41) is 0. The molecule has 0 unspecified atom stereocenters. The largest absolute Gasteiger partial charge is 0.466 e. The molecule has 0 saturated heterocycles. The van der Waals surface area contributed by atoms with E-state index in [0.29, 0.717) is 0 Å². The van der Waals surface area contributed by atoms with Gasteiger partial charge in [-0.25, -0.2) is 4.79 Å². The molecule has 1 atom stereocenters. The van der Waals surface area contributed by atoms with Gasteiger partial charge in [-0.3, -0.25) is 0 Å². The summed E-state index contributed by atoms with van der Waals surface area (Å²) in [5.41, 5.74) is 3.64. The molecule has 1 saturated carbocycles. The van der Waals surface area contributed by atoms with Gasteiger partial charge in [-0.2, -0.15) is 0 Å². The number of benzene rings is 1. The Balaban J connectivity index is 1.83. The van der Waals surface area contributed by atoms with Crippen molar-refractivity contribution in [3.8, 4) is 0 Å². The van der Waals surface area contributed by atoms with Crippen molar-refractivity contribution in [2.24, 2.45) is 5.41 Å². The lowest BCUT2D eigenvalue weighted by Gasteiger charge is -2.35. The topological polar surface area (TPSA) is 26.3 Å². The molecule has 0 amide bonds. The summed E-state index contributed by atoms with van der Waals surface area (Å²) in [6.07, 6.45) is 9.28. The maximum absolute atomic E-state index is 11.9. The van der Waals surface area contributed by atoms with Crippen molar-refractivity contribution in [1.29, 1.82) is 0 Å². The number of carbonyl (C=O) groups excluding carboxylic acids is 1. The van der Waals surface area contributed by atoms with Crippen LogP contribution in [0.2, 0.25) is 0 Å². The second kappa shape index (κ2) is 7.18. The number of allylic oxidation sites excluding steroid dienone is 3. The van der Waals surface area contributed by atoms with Crippen LogP contribution in [0.25, 0.3) is 0 Å². The second-order valence-corrected chi connectivity index (χ2v) is 8.17. The Morgan fingerprint density at radius 2 is 1.96 bits per heavy atom. The smallest absolute Gasteiger partial charge is 0.333 e. The van der Waals surface area contributed by atoms with Gasteiger partial charge in [0.15, 0.2) is 0 Å². The average molecular weight is 343 g/mol. The van der Waals surface area contributed by atoms with E-state index >= 15 is 0 Å². The highest BCUT2D eigenvalue weighted by atomic mass is 32.2. The van der Waals surface area contributed by atoms with Crippen molar-refractivity contribution in [2.45, 2.75) is 57.3 Å². The molecule has 24 heavy (non-hydrogen) atoms. The Hall–Kier alpha value is -1.48. The Morgan fingerprint density at radius 1 is 1.21 bits per heavy atom. The average Bonchev–Trinajstić information content (AvgIpc) is 3.02. The van der Waals surface area contributed by atoms with Gasteiger partial charge in [0, 0.05) is 15.9 Å². The predicted molar refractivity (Wildman–Crippen MR) is 100.0 cm³/mol. The van der Waals surface area contributed by atoms with Crippen molar-refractivity contribution in [2.75, 3.05) is 7.11 Å². The van der Waals surface area contributed by atoms with E-state index in [0.717, 1.165) is 24.8 Å². The summed E-state index contributed by atoms with van der Waals surface area (Å²) in [6.45, 7) is 4.04. The summed E-state index contributed by atoms with van der Waals surface area (Å²) in [4.78, 5) is 14.7. The molecule has 1 aromatic carbocycles. The van der Waals surface area contributed by atoms with Gasteiger partial charge >= 0.3 is 5.97 Å². The second-order valence-electron chi connectivity index (χ2n) is 7.05. The van der Waals surface area contributed by atoms with Crippen LogP contribution in [0.4, 0.5) is 0 Å². The van der Waals surface area contributed by atoms with E-state index in [1.807, 2.05) is 18.7 Å². The van der Waals surface area contributed by atoms with Gasteiger partial charge in [-0.05, 0) is 69.4 Å². The maximum atomic E-state index is 11.9. The summed E-state index contributed by atoms with van der Waals surface area (Å²) in [5.74, 6) is -0.172. The highest BCUT2D eigenvalue weighted by molar-refractivity contribution is 8.03. The standard InChI is InChI=1S/C21H26O2S/c1-15-7-9-18(10-8-15)24-19-6-4-5-12-21(19)13-11-17(14-21)16(2)20(22)23-3/h6-10H,4-5,11-14H2,1-3H3/b17-16+/t21-/m0/s1. The molecule has 1 fully saturated rings. The first-order chi connectivity index (χ1) is 11.5. The number of carbonyl (C=O) groups is 1. The summed E-state index contributed by atoms with van der Waals surface area (Å²) in [7, 11) is 1.47. The number of hydrogen-bond donors (Lipinski definition) is 0. The predicted octanol–water partition coefficient (Wildman–Crippen LogP) is 5.81. The van der Waals surface area contributed by atoms with E-state index in [9.17, 15) is 4.79 Å². The van der Waals surface area contributed by atoms with Gasteiger partial charge in [-0.1, -0.05) is 41.1 Å². The van der Waals surface area contributed by atoms with Crippen LogP contribution in [0.15, 0.2) is 51.3 Å². The van der Waals surface area contributed by atoms with E-state index in [1.54, 1.807) is 0 Å². The van der Waals surface area contributed by atoms with Crippen LogP contribution in [-0.2, 0) is 9.53 Å². The number of esters is 1. The number of rotatable bonds is 3. The molecule has 3 rings (SSSR count). The minimum atomic E-state index is -0.172. The SMILES string of the molecule is COC(=O)/C(C)=C1\CC[C@@]2(CCCC=C2Sc2ccc(C)cc2)C1. The minimum Gasteiger partial charge on any atom is -0.466 e. The molecule has 0 radical (unpaired) electrons. The van der Waals surface area contributed by atoms with Crippen LogP contribution < -0.4 is 0 Å². The molecule has 0 aliphatic heterocycles. The Kier molecular flexibility index (Phi) is 5.19. The molecular weight excluding hydrogens is 316 g/mol. The maximum Gasteiger partial charge on any atom is 0.333 e. The number of thioether (sulfide) groups is 1. The van der Waals surface area contributed by atoms with Crippen molar-refractivity contribution in [1.82, 2.24) is 0 Å². The fourth-order valence-electron chi connectivity index (χ4n) is 3.91. The van der Waals surface area contributed by atoms with Gasteiger partial charge in [-0.15, -0.1) is 0 Å². The molecular formula is C21H26O2S. The third kappa shape index (κ3) is 3.46. The van der Waals surface area contributed by atoms with Crippen molar-refractivity contribution in [3.05, 3.63) is 52.0 Å². The zero-order valence-corrected chi connectivity index (χ0v) is 15.7. The molecule has 0 aromatic heterocycles. The molecule has 128 valence electrons. The molecule has 1 spiro atoms. The molecule has 0 heterocycles. The van der Waals surface area contributed by atoms with Crippen LogP contribution in [0, 0.1) is 12.3 Å². The van der Waals surface area contributed by atoms with Crippen LogP contribution in [0.5, 0.6) is 0 Å². The number of methoxy groups -OCH3 is 1. The van der Waals surface area contributed by atoms with Crippen molar-refractivity contribution < 1.29 is 9.53 Å². The molecule has 1 aromatic rings. The quantitative estimate of drug-likeness (QED) is 0.512. The third-order valence-electron chi connectivity index (χ3n) is 5.44. The van der Waals surface area contributed by atoms with Gasteiger partial charge in [0.05, 0.1) is 7.11 Å². The molecule has 2 nitrogen and oxygen atoms in total. The number of hydrogen-bond acceptors (Lipinski definition) is 3. The van der Waals surface area contributed by atoms with Crippen LogP contribution >= 0.6 is 11.8 Å². The zero-order valence-electron chi connectivity index (χ0n) is 14.9. The summed E-state index contributed by atoms with van der Waals surface area (Å²) >= 11 is 1.92. The first-order valence-corrected chi connectivity index (χ1v) is 9.58. The van der Waals surface area contributed by atoms with E-state index in [-0.39, 0.29) is 11.4 Å².